The Morgan fingerprint density at radius 1 is 1.47 bits per heavy atom. The third-order valence-electron chi connectivity index (χ3n) is 1.99. The number of aromatic nitrogens is 1. The molecule has 0 fully saturated rings. The second-order valence-corrected chi connectivity index (χ2v) is 6.93. The smallest absolute Gasteiger partial charge is 0.328 e. The number of nitrogens with zero attached hydrogens (tertiary/aromatic N) is 1. The zero-order chi connectivity index (χ0) is 12.4. The van der Waals surface area contributed by atoms with E-state index in [2.05, 4.69) is 20.9 Å². The molecule has 0 aliphatic carbocycles. The van der Waals surface area contributed by atoms with Crippen molar-refractivity contribution in [3.63, 3.8) is 0 Å². The fraction of sp³-hybridized carbons (Fsp3) is 0.0909. The first kappa shape index (κ1) is 12.5. The van der Waals surface area contributed by atoms with Crippen LogP contribution in [0.15, 0.2) is 22.0 Å². The van der Waals surface area contributed by atoms with E-state index in [9.17, 15) is 4.79 Å². The van der Waals surface area contributed by atoms with Crippen molar-refractivity contribution in [1.29, 1.82) is 0 Å². The number of carboxylic acid groups (broad SMARTS) is 1. The molecule has 6 heteroatoms. The number of thiophene rings is 1. The third-order valence-corrected chi connectivity index (χ3v) is 4.55. The summed E-state index contributed by atoms with van der Waals surface area (Å²) in [5.74, 6) is -0.960. The molecule has 2 aromatic rings. The van der Waals surface area contributed by atoms with Crippen molar-refractivity contribution < 1.29 is 9.90 Å². The van der Waals surface area contributed by atoms with Gasteiger partial charge in [0.25, 0.3) is 0 Å². The van der Waals surface area contributed by atoms with E-state index in [-0.39, 0.29) is 0 Å². The van der Waals surface area contributed by atoms with Gasteiger partial charge in [-0.25, -0.2) is 9.78 Å². The van der Waals surface area contributed by atoms with Crippen molar-refractivity contribution in [2.24, 2.45) is 0 Å². The fourth-order valence-electron chi connectivity index (χ4n) is 1.30. The van der Waals surface area contributed by atoms with Gasteiger partial charge in [0.1, 0.15) is 5.01 Å². The lowest BCUT2D eigenvalue weighted by Crippen LogP contribution is -1.85. The summed E-state index contributed by atoms with van der Waals surface area (Å²) in [4.78, 5) is 17.0. The van der Waals surface area contributed by atoms with Crippen LogP contribution in [0, 0.1) is 6.92 Å². The molecule has 0 aromatic carbocycles. The number of halogens is 1. The van der Waals surface area contributed by atoms with Crippen molar-refractivity contribution in [2.45, 2.75) is 6.92 Å². The molecule has 2 rings (SSSR count). The van der Waals surface area contributed by atoms with Gasteiger partial charge >= 0.3 is 5.97 Å². The average molecular weight is 330 g/mol. The zero-order valence-corrected chi connectivity index (χ0v) is 12.0. The number of rotatable bonds is 3. The molecular weight excluding hydrogens is 322 g/mol. The normalized spacial score (nSPS) is 11.2. The van der Waals surface area contributed by atoms with Gasteiger partial charge in [0.05, 0.1) is 14.4 Å². The maximum atomic E-state index is 10.4. The second-order valence-electron chi connectivity index (χ2n) is 3.23. The highest BCUT2D eigenvalue weighted by atomic mass is 79.9. The molecule has 0 aliphatic heterocycles. The number of aliphatic carboxylic acids is 1. The van der Waals surface area contributed by atoms with Crippen LogP contribution in [-0.4, -0.2) is 16.1 Å². The molecule has 0 bridgehead atoms. The zero-order valence-electron chi connectivity index (χ0n) is 8.81. The Balaban J connectivity index is 2.34. The van der Waals surface area contributed by atoms with Crippen molar-refractivity contribution in [3.8, 4) is 10.6 Å². The number of hydrogen-bond donors (Lipinski definition) is 1. The van der Waals surface area contributed by atoms with Crippen LogP contribution in [0.5, 0.6) is 0 Å². The van der Waals surface area contributed by atoms with E-state index in [0.717, 1.165) is 25.3 Å². The van der Waals surface area contributed by atoms with E-state index in [1.807, 2.05) is 19.1 Å². The molecule has 0 saturated carbocycles. The van der Waals surface area contributed by atoms with Gasteiger partial charge in [-0.1, -0.05) is 0 Å². The maximum Gasteiger partial charge on any atom is 0.328 e. The van der Waals surface area contributed by atoms with E-state index >= 15 is 0 Å². The summed E-state index contributed by atoms with van der Waals surface area (Å²) in [5.41, 5.74) is 0.927. The van der Waals surface area contributed by atoms with E-state index in [0.29, 0.717) is 5.01 Å². The molecule has 0 spiro atoms. The maximum absolute atomic E-state index is 10.4. The Morgan fingerprint density at radius 3 is 2.82 bits per heavy atom. The number of carbonyl (C=O) groups is 1. The molecule has 17 heavy (non-hydrogen) atoms. The molecule has 0 saturated heterocycles. The van der Waals surface area contributed by atoms with Gasteiger partial charge in [0, 0.05) is 11.0 Å². The highest BCUT2D eigenvalue weighted by Crippen LogP contribution is 2.35. The molecule has 2 heterocycles. The first-order chi connectivity index (χ1) is 8.06. The van der Waals surface area contributed by atoms with Crippen LogP contribution in [0.1, 0.15) is 9.88 Å². The van der Waals surface area contributed by atoms with Crippen LogP contribution >= 0.6 is 38.6 Å². The van der Waals surface area contributed by atoms with Gasteiger partial charge in [-0.2, -0.15) is 0 Å². The van der Waals surface area contributed by atoms with Gasteiger partial charge in [0.15, 0.2) is 0 Å². The van der Waals surface area contributed by atoms with Crippen molar-refractivity contribution in [2.75, 3.05) is 0 Å². The molecule has 0 aliphatic rings. The molecule has 2 aromatic heterocycles. The lowest BCUT2D eigenvalue weighted by atomic mass is 10.3. The summed E-state index contributed by atoms with van der Waals surface area (Å²) < 4.78 is 1.06. The molecule has 0 atom stereocenters. The largest absolute Gasteiger partial charge is 0.478 e. The SMILES string of the molecule is Cc1sc(/C=C/C(=O)O)nc1-c1ccc(Br)s1. The minimum absolute atomic E-state index is 0.712. The van der Waals surface area contributed by atoms with E-state index in [1.165, 1.54) is 17.4 Å². The van der Waals surface area contributed by atoms with E-state index < -0.39 is 5.97 Å². The van der Waals surface area contributed by atoms with Gasteiger partial charge < -0.3 is 5.11 Å². The lowest BCUT2D eigenvalue weighted by molar-refractivity contribution is -0.131. The molecule has 1 N–H and O–H groups in total. The Morgan fingerprint density at radius 2 is 2.24 bits per heavy atom. The summed E-state index contributed by atoms with van der Waals surface area (Å²) in [6.07, 6.45) is 2.62. The summed E-state index contributed by atoms with van der Waals surface area (Å²) in [7, 11) is 0. The first-order valence-electron chi connectivity index (χ1n) is 4.70. The molecule has 3 nitrogen and oxygen atoms in total. The quantitative estimate of drug-likeness (QED) is 0.864. The predicted molar refractivity (Wildman–Crippen MR) is 74.5 cm³/mol. The molecule has 88 valence electrons. The average Bonchev–Trinajstić information content (AvgIpc) is 2.82. The number of aryl methyl sites for hydroxylation is 1. The van der Waals surface area contributed by atoms with Gasteiger partial charge in [-0.3, -0.25) is 0 Å². The van der Waals surface area contributed by atoms with Crippen LogP contribution < -0.4 is 0 Å². The molecular formula is C11H8BrNO2S2. The third kappa shape index (κ3) is 3.02. The standard InChI is InChI=1S/C11H8BrNO2S2/c1-6-11(7-2-3-8(12)17-7)13-9(16-6)4-5-10(14)15/h2-5H,1H3,(H,14,15)/b5-4+. The molecule has 0 radical (unpaired) electrons. The van der Waals surface area contributed by atoms with Gasteiger partial charge in [-0.05, 0) is 41.1 Å². The number of carboxylic acids is 1. The van der Waals surface area contributed by atoms with Crippen LogP contribution in [-0.2, 0) is 4.79 Å². The lowest BCUT2D eigenvalue weighted by Gasteiger charge is -1.90. The van der Waals surface area contributed by atoms with Gasteiger partial charge in [-0.15, -0.1) is 22.7 Å². The Kier molecular flexibility index (Phi) is 3.76. The van der Waals surface area contributed by atoms with Crippen LogP contribution in [0.25, 0.3) is 16.6 Å². The Hall–Kier alpha value is -0.980. The minimum Gasteiger partial charge on any atom is -0.478 e. The fourth-order valence-corrected chi connectivity index (χ4v) is 3.64. The number of thiazole rings is 1. The predicted octanol–water partition coefficient (Wildman–Crippen LogP) is 4.04. The minimum atomic E-state index is -0.960. The summed E-state index contributed by atoms with van der Waals surface area (Å²) in [5, 5.41) is 9.27. The summed E-state index contributed by atoms with van der Waals surface area (Å²) in [6.45, 7) is 1.98. The summed E-state index contributed by atoms with van der Waals surface area (Å²) in [6, 6.07) is 3.98. The molecule has 0 unspecified atom stereocenters. The number of hydrogen-bond acceptors (Lipinski definition) is 4. The Bertz CT molecular complexity index is 586. The van der Waals surface area contributed by atoms with Crippen molar-refractivity contribution in [1.82, 2.24) is 4.98 Å². The van der Waals surface area contributed by atoms with Crippen LogP contribution in [0.4, 0.5) is 0 Å². The highest BCUT2D eigenvalue weighted by molar-refractivity contribution is 9.11. The monoisotopic (exact) mass is 329 g/mol. The van der Waals surface area contributed by atoms with Crippen LogP contribution in [0.2, 0.25) is 0 Å². The first-order valence-corrected chi connectivity index (χ1v) is 7.13. The van der Waals surface area contributed by atoms with E-state index in [1.54, 1.807) is 11.3 Å². The van der Waals surface area contributed by atoms with Gasteiger partial charge in [0.2, 0.25) is 0 Å². The molecule has 0 amide bonds. The second kappa shape index (κ2) is 5.12. The summed E-state index contributed by atoms with van der Waals surface area (Å²) >= 11 is 6.52. The van der Waals surface area contributed by atoms with Crippen LogP contribution in [0.3, 0.4) is 0 Å². The highest BCUT2D eigenvalue weighted by Gasteiger charge is 2.10. The Labute approximate surface area is 115 Å². The van der Waals surface area contributed by atoms with E-state index in [4.69, 9.17) is 5.11 Å². The van der Waals surface area contributed by atoms with Crippen molar-refractivity contribution >= 4 is 50.6 Å². The van der Waals surface area contributed by atoms with Crippen molar-refractivity contribution in [3.05, 3.63) is 31.9 Å². The topological polar surface area (TPSA) is 50.2 Å².